The summed E-state index contributed by atoms with van der Waals surface area (Å²) in [4.78, 5) is 0. The SMILES string of the molecule is FC(F)(F)OC1[CH]CNCC1. The topological polar surface area (TPSA) is 21.3 Å². The van der Waals surface area contributed by atoms with E-state index in [4.69, 9.17) is 0 Å². The van der Waals surface area contributed by atoms with Crippen LogP contribution in [0.4, 0.5) is 13.2 Å². The molecule has 1 aliphatic heterocycles. The van der Waals surface area contributed by atoms with Gasteiger partial charge in [0.2, 0.25) is 0 Å². The quantitative estimate of drug-likeness (QED) is 0.632. The van der Waals surface area contributed by atoms with E-state index in [2.05, 4.69) is 10.1 Å². The number of nitrogens with one attached hydrogen (secondary N) is 1. The zero-order chi connectivity index (χ0) is 8.32. The van der Waals surface area contributed by atoms with Gasteiger partial charge in [0.25, 0.3) is 0 Å². The Balaban J connectivity index is 2.24. The predicted molar refractivity (Wildman–Crippen MR) is 32.7 cm³/mol. The highest BCUT2D eigenvalue weighted by Crippen LogP contribution is 2.21. The summed E-state index contributed by atoms with van der Waals surface area (Å²) in [5.74, 6) is 0. The van der Waals surface area contributed by atoms with Crippen LogP contribution in [-0.2, 0) is 4.74 Å². The summed E-state index contributed by atoms with van der Waals surface area (Å²) >= 11 is 0. The second-order valence-electron chi connectivity index (χ2n) is 2.33. The van der Waals surface area contributed by atoms with Crippen molar-refractivity contribution in [3.8, 4) is 0 Å². The Morgan fingerprint density at radius 3 is 2.64 bits per heavy atom. The van der Waals surface area contributed by atoms with Crippen LogP contribution < -0.4 is 5.32 Å². The normalized spacial score (nSPS) is 22.1. The zero-order valence-corrected chi connectivity index (χ0v) is 5.82. The molecule has 0 saturated carbocycles. The van der Waals surface area contributed by atoms with Gasteiger partial charge in [0, 0.05) is 13.0 Å². The molecule has 1 radical (unpaired) electrons. The molecule has 0 spiro atoms. The van der Waals surface area contributed by atoms with Crippen molar-refractivity contribution in [2.45, 2.75) is 18.9 Å². The van der Waals surface area contributed by atoms with E-state index in [0.29, 0.717) is 19.5 Å². The molecule has 0 aromatic carbocycles. The van der Waals surface area contributed by atoms with Crippen molar-refractivity contribution in [2.75, 3.05) is 13.1 Å². The van der Waals surface area contributed by atoms with Crippen molar-refractivity contribution >= 4 is 0 Å². The standard InChI is InChI=1S/C6H9F3NO/c7-6(8,9)11-5-1-3-10-4-2-5/h1,5,10H,2-4H2. The van der Waals surface area contributed by atoms with Crippen LogP contribution in [0.1, 0.15) is 6.42 Å². The maximum Gasteiger partial charge on any atom is 0.522 e. The molecule has 1 rings (SSSR count). The number of hydrogen-bond donors (Lipinski definition) is 1. The highest BCUT2D eigenvalue weighted by molar-refractivity contribution is 4.84. The molecule has 11 heavy (non-hydrogen) atoms. The first-order chi connectivity index (χ1) is 5.08. The number of alkyl halides is 3. The molecule has 1 atom stereocenters. The van der Waals surface area contributed by atoms with Crippen molar-refractivity contribution in [3.63, 3.8) is 0 Å². The summed E-state index contributed by atoms with van der Waals surface area (Å²) in [6, 6.07) is 0. The van der Waals surface area contributed by atoms with Crippen molar-refractivity contribution < 1.29 is 17.9 Å². The second-order valence-corrected chi connectivity index (χ2v) is 2.33. The van der Waals surface area contributed by atoms with Crippen molar-refractivity contribution in [1.29, 1.82) is 0 Å². The molecule has 65 valence electrons. The molecule has 1 unspecified atom stereocenters. The molecule has 0 aromatic heterocycles. The summed E-state index contributed by atoms with van der Waals surface area (Å²) in [6.45, 7) is 1.07. The fourth-order valence-corrected chi connectivity index (χ4v) is 0.958. The van der Waals surface area contributed by atoms with Gasteiger partial charge in [-0.15, -0.1) is 13.2 Å². The lowest BCUT2D eigenvalue weighted by Gasteiger charge is -2.23. The summed E-state index contributed by atoms with van der Waals surface area (Å²) in [7, 11) is 0. The number of ether oxygens (including phenoxy) is 1. The van der Waals surface area contributed by atoms with E-state index in [1.54, 1.807) is 0 Å². The molecule has 1 saturated heterocycles. The molecule has 0 aromatic rings. The number of halogens is 3. The first-order valence-corrected chi connectivity index (χ1v) is 3.36. The van der Waals surface area contributed by atoms with Crippen LogP contribution in [0.25, 0.3) is 0 Å². The van der Waals surface area contributed by atoms with E-state index < -0.39 is 12.5 Å². The Morgan fingerprint density at radius 1 is 1.45 bits per heavy atom. The molecule has 1 fully saturated rings. The first-order valence-electron chi connectivity index (χ1n) is 3.36. The molecule has 5 heteroatoms. The lowest BCUT2D eigenvalue weighted by Crippen LogP contribution is -2.36. The van der Waals surface area contributed by atoms with Gasteiger partial charge in [-0.2, -0.15) is 0 Å². The van der Waals surface area contributed by atoms with Crippen LogP contribution in [-0.4, -0.2) is 25.6 Å². The third kappa shape index (κ3) is 3.57. The first kappa shape index (κ1) is 8.80. The van der Waals surface area contributed by atoms with E-state index in [1.165, 1.54) is 6.42 Å². The Labute approximate surface area is 62.7 Å². The zero-order valence-electron chi connectivity index (χ0n) is 5.82. The van der Waals surface area contributed by atoms with E-state index in [9.17, 15) is 13.2 Å². The fourth-order valence-electron chi connectivity index (χ4n) is 0.958. The van der Waals surface area contributed by atoms with E-state index >= 15 is 0 Å². The van der Waals surface area contributed by atoms with Gasteiger partial charge in [0.15, 0.2) is 0 Å². The highest BCUT2D eigenvalue weighted by atomic mass is 19.4. The van der Waals surface area contributed by atoms with Crippen LogP contribution >= 0.6 is 0 Å². The van der Waals surface area contributed by atoms with Crippen LogP contribution in [0.15, 0.2) is 0 Å². The lowest BCUT2D eigenvalue weighted by atomic mass is 10.1. The molecule has 0 amide bonds. The summed E-state index contributed by atoms with van der Waals surface area (Å²) in [5.41, 5.74) is 0. The molecule has 2 nitrogen and oxygen atoms in total. The van der Waals surface area contributed by atoms with Gasteiger partial charge >= 0.3 is 6.36 Å². The second kappa shape index (κ2) is 3.40. The highest BCUT2D eigenvalue weighted by Gasteiger charge is 2.33. The van der Waals surface area contributed by atoms with Gasteiger partial charge in [-0.25, -0.2) is 0 Å². The van der Waals surface area contributed by atoms with Gasteiger partial charge in [-0.1, -0.05) is 0 Å². The Kier molecular flexibility index (Phi) is 2.72. The third-order valence-electron chi connectivity index (χ3n) is 1.42. The van der Waals surface area contributed by atoms with Crippen molar-refractivity contribution in [1.82, 2.24) is 5.32 Å². The van der Waals surface area contributed by atoms with Crippen LogP contribution in [0, 0.1) is 6.42 Å². The van der Waals surface area contributed by atoms with Crippen molar-refractivity contribution in [2.24, 2.45) is 0 Å². The molecule has 0 bridgehead atoms. The van der Waals surface area contributed by atoms with Crippen LogP contribution in [0.3, 0.4) is 0 Å². The van der Waals surface area contributed by atoms with Gasteiger partial charge in [0.1, 0.15) is 0 Å². The Bertz CT molecular complexity index is 119. The minimum Gasteiger partial charge on any atom is -0.316 e. The monoisotopic (exact) mass is 168 g/mol. The van der Waals surface area contributed by atoms with Crippen molar-refractivity contribution in [3.05, 3.63) is 6.42 Å². The lowest BCUT2D eigenvalue weighted by molar-refractivity contribution is -0.339. The van der Waals surface area contributed by atoms with Gasteiger partial charge in [-0.3, -0.25) is 4.74 Å². The molecule has 1 heterocycles. The maximum atomic E-state index is 11.6. The van der Waals surface area contributed by atoms with Crippen LogP contribution in [0.5, 0.6) is 0 Å². The molecular formula is C6H9F3NO. The average Bonchev–Trinajstić information content (AvgIpc) is 1.85. The van der Waals surface area contributed by atoms with Gasteiger partial charge in [-0.05, 0) is 13.0 Å². The van der Waals surface area contributed by atoms with E-state index in [1.807, 2.05) is 0 Å². The largest absolute Gasteiger partial charge is 0.522 e. The maximum absolute atomic E-state index is 11.6. The molecular weight excluding hydrogens is 159 g/mol. The van der Waals surface area contributed by atoms with E-state index in [0.717, 1.165) is 0 Å². The minimum atomic E-state index is -4.50. The molecule has 1 N–H and O–H groups in total. The summed E-state index contributed by atoms with van der Waals surface area (Å²) < 4.78 is 38.5. The fraction of sp³-hybridized carbons (Fsp3) is 0.833. The number of piperidine rings is 1. The average molecular weight is 168 g/mol. The minimum absolute atomic E-state index is 0.388. The van der Waals surface area contributed by atoms with Gasteiger partial charge < -0.3 is 5.32 Å². The number of rotatable bonds is 1. The summed E-state index contributed by atoms with van der Waals surface area (Å²) in [6.07, 6.45) is -3.40. The Morgan fingerprint density at radius 2 is 2.18 bits per heavy atom. The molecule has 1 aliphatic rings. The van der Waals surface area contributed by atoms with E-state index in [-0.39, 0.29) is 0 Å². The van der Waals surface area contributed by atoms with Gasteiger partial charge in [0.05, 0.1) is 6.10 Å². The Hall–Kier alpha value is -0.290. The third-order valence-corrected chi connectivity index (χ3v) is 1.42. The number of hydrogen-bond acceptors (Lipinski definition) is 2. The predicted octanol–water partition coefficient (Wildman–Crippen LogP) is 1.09. The summed E-state index contributed by atoms with van der Waals surface area (Å²) in [5, 5.41) is 2.90. The molecule has 0 aliphatic carbocycles. The van der Waals surface area contributed by atoms with Crippen LogP contribution in [0.2, 0.25) is 0 Å². The smallest absolute Gasteiger partial charge is 0.316 e.